The van der Waals surface area contributed by atoms with Gasteiger partial charge in [-0.15, -0.1) is 0 Å². The maximum absolute atomic E-state index is 9.12. The van der Waals surface area contributed by atoms with E-state index < -0.39 is 6.10 Å². The van der Waals surface area contributed by atoms with Crippen molar-refractivity contribution in [1.82, 2.24) is 4.98 Å². The number of para-hydroxylation sites is 1. The smallest absolute Gasteiger partial charge is 0.212 e. The van der Waals surface area contributed by atoms with Crippen molar-refractivity contribution >= 4 is 0 Å². The van der Waals surface area contributed by atoms with Crippen LogP contribution in [-0.2, 0) is 0 Å². The molecule has 0 fully saturated rings. The normalized spacial score (nSPS) is 11.5. The molecule has 118 valence electrons. The van der Waals surface area contributed by atoms with Gasteiger partial charge in [0.25, 0.3) is 0 Å². The van der Waals surface area contributed by atoms with Crippen molar-refractivity contribution < 1.29 is 9.84 Å². The molecule has 4 heteroatoms. The fourth-order valence-corrected chi connectivity index (χ4v) is 2.73. The van der Waals surface area contributed by atoms with Gasteiger partial charge in [-0.3, -0.25) is 4.98 Å². The first-order valence-electron chi connectivity index (χ1n) is 7.53. The second-order valence-electron chi connectivity index (χ2n) is 5.33. The van der Waals surface area contributed by atoms with Crippen LogP contribution in [0.15, 0.2) is 67.0 Å². The van der Waals surface area contributed by atoms with Gasteiger partial charge < -0.3 is 9.84 Å². The van der Waals surface area contributed by atoms with Gasteiger partial charge in [0, 0.05) is 12.4 Å². The molecular formula is C20H17N2O2+. The van der Waals surface area contributed by atoms with E-state index in [9.17, 15) is 0 Å². The van der Waals surface area contributed by atoms with Gasteiger partial charge in [-0.1, -0.05) is 24.3 Å². The van der Waals surface area contributed by atoms with Crippen LogP contribution in [0, 0.1) is 11.3 Å². The lowest BCUT2D eigenvalue weighted by atomic mass is 9.93. The third-order valence-corrected chi connectivity index (χ3v) is 3.92. The number of ether oxygens (including phenoxy) is 1. The zero-order valence-electron chi connectivity index (χ0n) is 13.2. The quantitative estimate of drug-likeness (QED) is 0.692. The van der Waals surface area contributed by atoms with Crippen molar-refractivity contribution in [2.45, 2.75) is 6.10 Å². The molecule has 2 aromatic carbocycles. The molecule has 1 aromatic heterocycles. The minimum absolute atomic E-state index is 0.592. The Morgan fingerprint density at radius 1 is 1.08 bits per heavy atom. The zero-order chi connectivity index (χ0) is 16.9. The lowest BCUT2D eigenvalue weighted by Crippen LogP contribution is -2.04. The largest absolute Gasteiger partial charge is 0.496 e. The molecule has 3 aromatic rings. The lowest BCUT2D eigenvalue weighted by molar-refractivity contribution is 0.215. The Morgan fingerprint density at radius 2 is 1.92 bits per heavy atom. The van der Waals surface area contributed by atoms with E-state index in [0.717, 1.165) is 22.3 Å². The predicted octanol–water partition coefficient (Wildman–Crippen LogP) is 3.44. The van der Waals surface area contributed by atoms with Gasteiger partial charge in [-0.05, 0) is 41.5 Å². The summed E-state index contributed by atoms with van der Waals surface area (Å²) in [5.41, 5.74) is 3.95. The molecule has 2 N–H and O–H groups in total. The number of aromatic nitrogens is 1. The summed E-state index contributed by atoms with van der Waals surface area (Å²) in [6.45, 7) is 0. The van der Waals surface area contributed by atoms with Gasteiger partial charge in [0.2, 0.25) is 6.10 Å². The Balaban J connectivity index is 2.11. The van der Waals surface area contributed by atoms with Crippen LogP contribution in [0.2, 0.25) is 0 Å². The first-order chi connectivity index (χ1) is 11.7. The summed E-state index contributed by atoms with van der Waals surface area (Å²) in [4.78, 5) is 4.19. The number of nitriles is 1. The second kappa shape index (κ2) is 6.95. The molecule has 0 saturated carbocycles. The van der Waals surface area contributed by atoms with Gasteiger partial charge >= 0.3 is 0 Å². The van der Waals surface area contributed by atoms with E-state index >= 15 is 0 Å². The first-order valence-corrected chi connectivity index (χ1v) is 7.53. The number of hydrogen-bond acceptors (Lipinski definition) is 3. The van der Waals surface area contributed by atoms with Crippen molar-refractivity contribution in [2.24, 2.45) is 0 Å². The summed E-state index contributed by atoms with van der Waals surface area (Å²) in [5, 5.41) is 17.8. The van der Waals surface area contributed by atoms with Crippen LogP contribution in [0.5, 0.6) is 5.75 Å². The Hall–Kier alpha value is -3.16. The van der Waals surface area contributed by atoms with E-state index in [0.29, 0.717) is 11.3 Å². The molecule has 0 bridgehead atoms. The Morgan fingerprint density at radius 3 is 2.71 bits per heavy atom. The second-order valence-corrected chi connectivity index (χ2v) is 5.33. The molecule has 1 atom stereocenters. The molecule has 0 aliphatic carbocycles. The van der Waals surface area contributed by atoms with E-state index in [1.54, 1.807) is 25.6 Å². The summed E-state index contributed by atoms with van der Waals surface area (Å²) < 4.78 is 5.39. The maximum atomic E-state index is 9.12. The third-order valence-electron chi connectivity index (χ3n) is 3.92. The average molecular weight is 317 g/mol. The van der Waals surface area contributed by atoms with Crippen LogP contribution < -0.4 is 4.74 Å². The molecular weight excluding hydrogens is 300 g/mol. The Kier molecular flexibility index (Phi) is 4.55. The van der Waals surface area contributed by atoms with E-state index in [1.165, 1.54) is 0 Å². The van der Waals surface area contributed by atoms with Crippen LogP contribution in [0.4, 0.5) is 0 Å². The molecule has 3 rings (SSSR count). The highest BCUT2D eigenvalue weighted by molar-refractivity contribution is 5.69. The standard InChI is InChI=1S/C20H16N2O2/c1-24-19-8-3-2-7-17(19)20(23)18-13-22-10-9-16(18)15-6-4-5-14(11-15)12-21/h2-11,13,20,23H,1H3/p+1. The van der Waals surface area contributed by atoms with E-state index in [-0.39, 0.29) is 0 Å². The molecule has 0 radical (unpaired) electrons. The SMILES string of the molecule is COc1ccccc1C([OH2+])c1cnccc1-c1cccc(C#N)c1. The van der Waals surface area contributed by atoms with Crippen LogP contribution in [0.25, 0.3) is 11.1 Å². The molecule has 24 heavy (non-hydrogen) atoms. The van der Waals surface area contributed by atoms with Gasteiger partial charge in [-0.25, -0.2) is 0 Å². The highest BCUT2D eigenvalue weighted by Crippen LogP contribution is 2.35. The van der Waals surface area contributed by atoms with E-state index in [4.69, 9.17) is 15.1 Å². The van der Waals surface area contributed by atoms with Crippen LogP contribution in [-0.4, -0.2) is 17.2 Å². The zero-order valence-corrected chi connectivity index (χ0v) is 13.2. The van der Waals surface area contributed by atoms with Crippen molar-refractivity contribution in [2.75, 3.05) is 7.11 Å². The van der Waals surface area contributed by atoms with Crippen LogP contribution in [0.3, 0.4) is 0 Å². The Labute approximate surface area is 140 Å². The first kappa shape index (κ1) is 15.7. The van der Waals surface area contributed by atoms with Gasteiger partial charge in [0.15, 0.2) is 0 Å². The van der Waals surface area contributed by atoms with Gasteiger partial charge in [0.05, 0.1) is 29.9 Å². The van der Waals surface area contributed by atoms with Crippen molar-refractivity contribution in [3.05, 3.63) is 83.7 Å². The summed E-state index contributed by atoms with van der Waals surface area (Å²) in [6.07, 6.45) is 2.78. The summed E-state index contributed by atoms with van der Waals surface area (Å²) in [5.74, 6) is 0.679. The third kappa shape index (κ3) is 2.98. The van der Waals surface area contributed by atoms with Gasteiger partial charge in [-0.2, -0.15) is 5.26 Å². The molecule has 0 aliphatic rings. The summed E-state index contributed by atoms with van der Waals surface area (Å²) in [7, 11) is 1.60. The molecule has 0 saturated heterocycles. The summed E-state index contributed by atoms with van der Waals surface area (Å²) >= 11 is 0. The van der Waals surface area contributed by atoms with Gasteiger partial charge in [0.1, 0.15) is 5.75 Å². The minimum atomic E-state index is -0.629. The minimum Gasteiger partial charge on any atom is -0.496 e. The Bertz CT molecular complexity index is 900. The average Bonchev–Trinajstić information content (AvgIpc) is 2.67. The lowest BCUT2D eigenvalue weighted by Gasteiger charge is -2.15. The van der Waals surface area contributed by atoms with E-state index in [2.05, 4.69) is 11.1 Å². The molecule has 0 aliphatic heterocycles. The number of methoxy groups -OCH3 is 1. The molecule has 0 spiro atoms. The maximum Gasteiger partial charge on any atom is 0.212 e. The number of hydrogen-bond donors (Lipinski definition) is 0. The fourth-order valence-electron chi connectivity index (χ4n) is 2.73. The fraction of sp³-hybridized carbons (Fsp3) is 0.100. The molecule has 1 unspecified atom stereocenters. The van der Waals surface area contributed by atoms with Crippen LogP contribution >= 0.6 is 0 Å². The topological polar surface area (TPSA) is 68.8 Å². The number of benzene rings is 2. The predicted molar refractivity (Wildman–Crippen MR) is 92.8 cm³/mol. The molecule has 1 heterocycles. The van der Waals surface area contributed by atoms with Crippen LogP contribution in [0.1, 0.15) is 22.8 Å². The monoisotopic (exact) mass is 317 g/mol. The van der Waals surface area contributed by atoms with Crippen molar-refractivity contribution in [1.29, 1.82) is 5.26 Å². The number of nitrogens with zero attached hydrogens (tertiary/aromatic N) is 2. The highest BCUT2D eigenvalue weighted by atomic mass is 16.5. The molecule has 4 nitrogen and oxygen atoms in total. The number of pyridine rings is 1. The molecule has 0 amide bonds. The van der Waals surface area contributed by atoms with E-state index in [1.807, 2.05) is 48.5 Å². The van der Waals surface area contributed by atoms with Crippen molar-refractivity contribution in [3.8, 4) is 22.9 Å². The summed E-state index contributed by atoms with van der Waals surface area (Å²) in [6, 6.07) is 18.9. The number of rotatable bonds is 4. The van der Waals surface area contributed by atoms with Crippen molar-refractivity contribution in [3.63, 3.8) is 0 Å². The highest BCUT2D eigenvalue weighted by Gasteiger charge is 2.23.